The monoisotopic (exact) mass is 305 g/mol. The molecule has 1 rings (SSSR count). The van der Waals surface area contributed by atoms with Gasteiger partial charge in [-0.25, -0.2) is 0 Å². The molecule has 0 aliphatic carbocycles. The Bertz CT molecular complexity index is 511. The van der Waals surface area contributed by atoms with Gasteiger partial charge in [-0.3, -0.25) is 0 Å². The lowest BCUT2D eigenvalue weighted by Gasteiger charge is -2.27. The minimum absolute atomic E-state index is 0.0619. The van der Waals surface area contributed by atoms with Crippen LogP contribution in [0.5, 0.6) is 5.75 Å². The smallest absolute Gasteiger partial charge is 0.133 e. The summed E-state index contributed by atoms with van der Waals surface area (Å²) in [6.07, 6.45) is 0.991. The van der Waals surface area contributed by atoms with E-state index in [0.29, 0.717) is 12.5 Å². The van der Waals surface area contributed by atoms with Crippen LogP contribution in [0.4, 0.5) is 0 Å². The zero-order valence-corrected chi connectivity index (χ0v) is 14.9. The van der Waals surface area contributed by atoms with Crippen molar-refractivity contribution in [3.63, 3.8) is 0 Å². The Morgan fingerprint density at radius 2 is 2.00 bits per heavy atom. The summed E-state index contributed by atoms with van der Waals surface area (Å²) in [5.41, 5.74) is 3.89. The molecule has 21 heavy (non-hydrogen) atoms. The van der Waals surface area contributed by atoms with Crippen LogP contribution in [0.2, 0.25) is 0 Å². The highest BCUT2D eigenvalue weighted by Gasteiger charge is 2.24. The van der Waals surface area contributed by atoms with Crippen LogP contribution < -0.4 is 4.74 Å². The fourth-order valence-electron chi connectivity index (χ4n) is 2.47. The lowest BCUT2D eigenvalue weighted by molar-refractivity contribution is 0.324. The number of ether oxygens (including phenoxy) is 1. The molecule has 3 heteroatoms. The van der Waals surface area contributed by atoms with Crippen molar-refractivity contribution >= 4 is 11.8 Å². The fraction of sp³-hybridized carbons (Fsp3) is 0.611. The molecule has 0 amide bonds. The molecule has 0 radical (unpaired) electrons. The standard InChI is InChI=1S/C18H27NOS/c1-7-20-17-15(14(3)8-9-21-12-19)10-13(2)11-16(17)18(4,5)6/h10-11,14H,7-9H2,1-6H3. The van der Waals surface area contributed by atoms with Crippen LogP contribution in [-0.2, 0) is 5.41 Å². The largest absolute Gasteiger partial charge is 0.493 e. The van der Waals surface area contributed by atoms with Crippen molar-refractivity contribution in [3.8, 4) is 11.2 Å². The number of nitriles is 1. The van der Waals surface area contributed by atoms with Crippen molar-refractivity contribution in [1.82, 2.24) is 0 Å². The number of rotatable bonds is 6. The van der Waals surface area contributed by atoms with Crippen molar-refractivity contribution < 1.29 is 4.74 Å². The lowest BCUT2D eigenvalue weighted by Crippen LogP contribution is -2.16. The first-order valence-electron chi connectivity index (χ1n) is 7.60. The second-order valence-electron chi connectivity index (χ2n) is 6.54. The minimum Gasteiger partial charge on any atom is -0.493 e. The van der Waals surface area contributed by atoms with E-state index in [1.54, 1.807) is 0 Å². The number of thioether (sulfide) groups is 1. The highest BCUT2D eigenvalue weighted by molar-refractivity contribution is 8.03. The van der Waals surface area contributed by atoms with Gasteiger partial charge in [-0.15, -0.1) is 0 Å². The first-order valence-corrected chi connectivity index (χ1v) is 8.58. The van der Waals surface area contributed by atoms with Crippen LogP contribution in [-0.4, -0.2) is 12.4 Å². The zero-order chi connectivity index (χ0) is 16.0. The number of nitrogens with zero attached hydrogens (tertiary/aromatic N) is 1. The summed E-state index contributed by atoms with van der Waals surface area (Å²) in [6.45, 7) is 13.8. The van der Waals surface area contributed by atoms with E-state index < -0.39 is 0 Å². The zero-order valence-electron chi connectivity index (χ0n) is 14.1. The van der Waals surface area contributed by atoms with E-state index in [1.807, 2.05) is 6.92 Å². The van der Waals surface area contributed by atoms with E-state index in [2.05, 4.69) is 52.2 Å². The Kier molecular flexibility index (Phi) is 6.61. The molecule has 2 nitrogen and oxygen atoms in total. The lowest BCUT2D eigenvalue weighted by atomic mass is 9.82. The molecule has 0 saturated carbocycles. The van der Waals surface area contributed by atoms with E-state index in [4.69, 9.17) is 10.00 Å². The van der Waals surface area contributed by atoms with Crippen LogP contribution in [0.3, 0.4) is 0 Å². The average molecular weight is 305 g/mol. The minimum atomic E-state index is 0.0619. The first kappa shape index (κ1) is 17.9. The van der Waals surface area contributed by atoms with E-state index in [9.17, 15) is 0 Å². The molecule has 0 saturated heterocycles. The van der Waals surface area contributed by atoms with Crippen LogP contribution in [0.15, 0.2) is 12.1 Å². The van der Waals surface area contributed by atoms with Crippen molar-refractivity contribution in [2.75, 3.05) is 12.4 Å². The topological polar surface area (TPSA) is 33.0 Å². The highest BCUT2D eigenvalue weighted by Crippen LogP contribution is 2.39. The predicted molar refractivity (Wildman–Crippen MR) is 92.2 cm³/mol. The van der Waals surface area contributed by atoms with Gasteiger partial charge in [-0.2, -0.15) is 5.26 Å². The van der Waals surface area contributed by atoms with E-state index >= 15 is 0 Å². The molecule has 0 spiro atoms. The average Bonchev–Trinajstić information content (AvgIpc) is 2.39. The second-order valence-corrected chi connectivity index (χ2v) is 7.42. The number of hydrogen-bond acceptors (Lipinski definition) is 3. The third-order valence-corrected chi connectivity index (χ3v) is 4.18. The molecule has 1 atom stereocenters. The van der Waals surface area contributed by atoms with Crippen LogP contribution in [0.1, 0.15) is 63.6 Å². The molecule has 0 aromatic heterocycles. The summed E-state index contributed by atoms with van der Waals surface area (Å²) >= 11 is 1.33. The number of hydrogen-bond donors (Lipinski definition) is 0. The summed E-state index contributed by atoms with van der Waals surface area (Å²) in [7, 11) is 0. The fourth-order valence-corrected chi connectivity index (χ4v) is 3.03. The highest BCUT2D eigenvalue weighted by atomic mass is 32.2. The van der Waals surface area contributed by atoms with Crippen LogP contribution in [0, 0.1) is 17.6 Å². The van der Waals surface area contributed by atoms with Crippen molar-refractivity contribution in [3.05, 3.63) is 28.8 Å². The summed E-state index contributed by atoms with van der Waals surface area (Å²) < 4.78 is 6.01. The van der Waals surface area contributed by atoms with Crippen LogP contribution in [0.25, 0.3) is 0 Å². The van der Waals surface area contributed by atoms with Gasteiger partial charge in [0.05, 0.1) is 6.61 Å². The Balaban J connectivity index is 3.23. The number of thiocyanates is 1. The van der Waals surface area contributed by atoms with Gasteiger partial charge in [-0.05, 0) is 48.9 Å². The van der Waals surface area contributed by atoms with E-state index in [0.717, 1.165) is 17.9 Å². The Morgan fingerprint density at radius 1 is 1.33 bits per heavy atom. The van der Waals surface area contributed by atoms with Gasteiger partial charge in [0, 0.05) is 11.3 Å². The molecule has 1 aromatic rings. The van der Waals surface area contributed by atoms with Gasteiger partial charge >= 0.3 is 0 Å². The molecule has 0 fully saturated rings. The third kappa shape index (κ3) is 4.97. The Hall–Kier alpha value is -1.14. The predicted octanol–water partition coefficient (Wildman–Crippen LogP) is 5.40. The molecule has 1 unspecified atom stereocenters. The molecule has 0 bridgehead atoms. The molecule has 116 valence electrons. The number of aryl methyl sites for hydroxylation is 1. The quantitative estimate of drug-likeness (QED) is 0.521. The molecule has 0 heterocycles. The van der Waals surface area contributed by atoms with Gasteiger partial charge in [0.15, 0.2) is 0 Å². The van der Waals surface area contributed by atoms with Crippen molar-refractivity contribution in [1.29, 1.82) is 5.26 Å². The first-order chi connectivity index (χ1) is 9.81. The molecular weight excluding hydrogens is 278 g/mol. The maximum absolute atomic E-state index is 8.67. The Labute approximate surface area is 133 Å². The molecular formula is C18H27NOS. The van der Waals surface area contributed by atoms with Gasteiger partial charge in [0.1, 0.15) is 11.2 Å². The normalized spacial score (nSPS) is 12.8. The van der Waals surface area contributed by atoms with Crippen molar-refractivity contribution in [2.24, 2.45) is 0 Å². The van der Waals surface area contributed by atoms with Crippen LogP contribution >= 0.6 is 11.8 Å². The molecule has 1 aromatic carbocycles. The molecule has 0 N–H and O–H groups in total. The van der Waals surface area contributed by atoms with Gasteiger partial charge in [0.25, 0.3) is 0 Å². The van der Waals surface area contributed by atoms with Crippen molar-refractivity contribution in [2.45, 2.75) is 59.3 Å². The summed E-state index contributed by atoms with van der Waals surface area (Å²) in [5.74, 6) is 2.31. The second kappa shape index (κ2) is 7.75. The number of benzene rings is 1. The Morgan fingerprint density at radius 3 is 2.52 bits per heavy atom. The third-order valence-electron chi connectivity index (χ3n) is 3.61. The molecule has 0 aliphatic rings. The van der Waals surface area contributed by atoms with Gasteiger partial charge in [0.2, 0.25) is 0 Å². The maximum Gasteiger partial charge on any atom is 0.133 e. The van der Waals surface area contributed by atoms with E-state index in [1.165, 1.54) is 28.5 Å². The summed E-state index contributed by atoms with van der Waals surface area (Å²) in [5, 5.41) is 10.8. The van der Waals surface area contributed by atoms with Gasteiger partial charge in [-0.1, -0.05) is 45.4 Å². The summed E-state index contributed by atoms with van der Waals surface area (Å²) in [6, 6.07) is 4.48. The summed E-state index contributed by atoms with van der Waals surface area (Å²) in [4.78, 5) is 0. The van der Waals surface area contributed by atoms with Gasteiger partial charge < -0.3 is 4.74 Å². The van der Waals surface area contributed by atoms with E-state index in [-0.39, 0.29) is 5.41 Å². The molecule has 0 aliphatic heterocycles. The maximum atomic E-state index is 8.67. The SMILES string of the molecule is CCOc1c(C(C)CCSC#N)cc(C)cc1C(C)(C)C.